The molecule has 5 heteroatoms. The van der Waals surface area contributed by atoms with Crippen molar-refractivity contribution in [3.8, 4) is 0 Å². The molecule has 1 N–H and O–H groups in total. The average Bonchev–Trinajstić information content (AvgIpc) is 2.45. The van der Waals surface area contributed by atoms with Crippen molar-refractivity contribution in [2.45, 2.75) is 46.1 Å². The van der Waals surface area contributed by atoms with E-state index in [0.717, 1.165) is 38.2 Å². The first-order chi connectivity index (χ1) is 9.61. The molecule has 1 aromatic rings. The Labute approximate surface area is 120 Å². The molecule has 0 aromatic carbocycles. The molecular weight excluding hydrogens is 252 g/mol. The molecule has 2 rings (SSSR count). The quantitative estimate of drug-likeness (QED) is 0.918. The van der Waals surface area contributed by atoms with Gasteiger partial charge in [0.25, 0.3) is 5.91 Å². The summed E-state index contributed by atoms with van der Waals surface area (Å²) in [6.45, 7) is 8.13. The fraction of sp³-hybridized carbons (Fsp3) is 0.667. The fourth-order valence-electron chi connectivity index (χ4n) is 2.64. The second-order valence-electron chi connectivity index (χ2n) is 5.69. The number of nitrogens with zero attached hydrogens (tertiary/aromatic N) is 3. The van der Waals surface area contributed by atoms with Gasteiger partial charge in [-0.25, -0.2) is 9.97 Å². The molecule has 0 radical (unpaired) electrons. The third-order valence-electron chi connectivity index (χ3n) is 3.83. The molecule has 2 unspecified atom stereocenters. The number of likely N-dealkylation sites (tertiary alicyclic amines) is 1. The lowest BCUT2D eigenvalue weighted by atomic mass is 9.93. The zero-order chi connectivity index (χ0) is 14.5. The number of aromatic nitrogens is 2. The number of piperidine rings is 1. The molecule has 0 bridgehead atoms. The molecule has 0 saturated carbocycles. The highest BCUT2D eigenvalue weighted by Crippen LogP contribution is 2.23. The van der Waals surface area contributed by atoms with Crippen molar-refractivity contribution in [3.63, 3.8) is 0 Å². The summed E-state index contributed by atoms with van der Waals surface area (Å²) in [6, 6.07) is 0.283. The molecule has 0 aliphatic carbocycles. The van der Waals surface area contributed by atoms with E-state index in [1.165, 1.54) is 0 Å². The third kappa shape index (κ3) is 3.46. The highest BCUT2D eigenvalue weighted by Gasteiger charge is 2.28. The van der Waals surface area contributed by atoms with E-state index in [0.29, 0.717) is 11.6 Å². The second kappa shape index (κ2) is 6.68. The van der Waals surface area contributed by atoms with Crippen molar-refractivity contribution in [1.29, 1.82) is 0 Å². The van der Waals surface area contributed by atoms with Crippen LogP contribution in [0.3, 0.4) is 0 Å². The molecule has 1 saturated heterocycles. The average molecular weight is 276 g/mol. The minimum atomic E-state index is -0.000980. The second-order valence-corrected chi connectivity index (χ2v) is 5.69. The minimum absolute atomic E-state index is 0.000980. The Morgan fingerprint density at radius 2 is 2.20 bits per heavy atom. The Morgan fingerprint density at radius 3 is 2.80 bits per heavy atom. The molecule has 0 spiro atoms. The maximum absolute atomic E-state index is 12.4. The van der Waals surface area contributed by atoms with Crippen LogP contribution in [0.5, 0.6) is 0 Å². The van der Waals surface area contributed by atoms with Gasteiger partial charge >= 0.3 is 0 Å². The molecule has 1 aromatic heterocycles. The largest absolute Gasteiger partial charge is 0.369 e. The monoisotopic (exact) mass is 276 g/mol. The van der Waals surface area contributed by atoms with E-state index in [4.69, 9.17) is 0 Å². The van der Waals surface area contributed by atoms with Crippen LogP contribution < -0.4 is 5.32 Å². The number of amides is 1. The van der Waals surface area contributed by atoms with Crippen LogP contribution in [-0.2, 0) is 0 Å². The number of hydrogen-bond acceptors (Lipinski definition) is 4. The van der Waals surface area contributed by atoms with E-state index in [-0.39, 0.29) is 11.9 Å². The summed E-state index contributed by atoms with van der Waals surface area (Å²) in [5.41, 5.74) is 0.438. The van der Waals surface area contributed by atoms with Gasteiger partial charge in [-0.3, -0.25) is 4.79 Å². The lowest BCUT2D eigenvalue weighted by Crippen LogP contribution is -2.44. The van der Waals surface area contributed by atoms with Gasteiger partial charge in [0.1, 0.15) is 11.5 Å². The van der Waals surface area contributed by atoms with Crippen LogP contribution in [0, 0.1) is 5.92 Å². The Bertz CT molecular complexity index is 446. The SMILES string of the molecule is CCCNc1cnc(C(=O)N2CCC(C)CC2C)cn1. The van der Waals surface area contributed by atoms with Crippen LogP contribution in [0.1, 0.15) is 50.5 Å². The van der Waals surface area contributed by atoms with Gasteiger partial charge in [-0.15, -0.1) is 0 Å². The number of nitrogens with one attached hydrogen (secondary N) is 1. The number of carbonyl (C=O) groups excluding carboxylic acids is 1. The first-order valence-electron chi connectivity index (χ1n) is 7.48. The van der Waals surface area contributed by atoms with Crippen molar-refractivity contribution in [2.24, 2.45) is 5.92 Å². The topological polar surface area (TPSA) is 58.1 Å². The van der Waals surface area contributed by atoms with Crippen LogP contribution in [0.25, 0.3) is 0 Å². The molecule has 20 heavy (non-hydrogen) atoms. The Morgan fingerprint density at radius 1 is 1.40 bits per heavy atom. The normalized spacial score (nSPS) is 22.6. The predicted molar refractivity (Wildman–Crippen MR) is 79.7 cm³/mol. The zero-order valence-corrected chi connectivity index (χ0v) is 12.6. The fourth-order valence-corrected chi connectivity index (χ4v) is 2.64. The van der Waals surface area contributed by atoms with Crippen LogP contribution in [0.15, 0.2) is 12.4 Å². The maximum Gasteiger partial charge on any atom is 0.274 e. The van der Waals surface area contributed by atoms with Gasteiger partial charge in [0, 0.05) is 19.1 Å². The molecular formula is C15H24N4O. The van der Waals surface area contributed by atoms with E-state index in [1.807, 2.05) is 4.90 Å². The van der Waals surface area contributed by atoms with E-state index < -0.39 is 0 Å². The summed E-state index contributed by atoms with van der Waals surface area (Å²) in [4.78, 5) is 22.9. The van der Waals surface area contributed by atoms with Crippen molar-refractivity contribution in [2.75, 3.05) is 18.4 Å². The molecule has 2 heterocycles. The number of carbonyl (C=O) groups is 1. The van der Waals surface area contributed by atoms with E-state index in [1.54, 1.807) is 12.4 Å². The maximum atomic E-state index is 12.4. The highest BCUT2D eigenvalue weighted by molar-refractivity contribution is 5.92. The predicted octanol–water partition coefficient (Wildman–Crippen LogP) is 2.56. The molecule has 5 nitrogen and oxygen atoms in total. The van der Waals surface area contributed by atoms with Gasteiger partial charge in [0.05, 0.1) is 12.4 Å². The minimum Gasteiger partial charge on any atom is -0.369 e. The van der Waals surface area contributed by atoms with Gasteiger partial charge in [-0.1, -0.05) is 13.8 Å². The van der Waals surface area contributed by atoms with Gasteiger partial charge in [0.15, 0.2) is 0 Å². The molecule has 2 atom stereocenters. The first-order valence-corrected chi connectivity index (χ1v) is 7.48. The van der Waals surface area contributed by atoms with Crippen molar-refractivity contribution < 1.29 is 4.79 Å². The number of anilines is 1. The summed E-state index contributed by atoms with van der Waals surface area (Å²) in [6.07, 6.45) is 6.38. The lowest BCUT2D eigenvalue weighted by molar-refractivity contribution is 0.0582. The Balaban J connectivity index is 2.01. The summed E-state index contributed by atoms with van der Waals surface area (Å²) < 4.78 is 0. The molecule has 1 fully saturated rings. The highest BCUT2D eigenvalue weighted by atomic mass is 16.2. The van der Waals surface area contributed by atoms with Crippen LogP contribution >= 0.6 is 0 Å². The summed E-state index contributed by atoms with van der Waals surface area (Å²) >= 11 is 0. The standard InChI is InChI=1S/C15H24N4O/c1-4-6-16-14-10-17-13(9-18-14)15(20)19-7-5-11(2)8-12(19)3/h9-12H,4-8H2,1-3H3,(H,16,18). The van der Waals surface area contributed by atoms with E-state index >= 15 is 0 Å². The van der Waals surface area contributed by atoms with E-state index in [9.17, 15) is 4.79 Å². The van der Waals surface area contributed by atoms with Gasteiger partial charge in [-0.05, 0) is 32.1 Å². The Kier molecular flexibility index (Phi) is 4.93. The van der Waals surface area contributed by atoms with Crippen molar-refractivity contribution in [3.05, 3.63) is 18.1 Å². The molecule has 1 aliphatic rings. The smallest absolute Gasteiger partial charge is 0.274 e. The summed E-state index contributed by atoms with van der Waals surface area (Å²) in [5, 5.41) is 3.16. The van der Waals surface area contributed by atoms with E-state index in [2.05, 4.69) is 36.1 Å². The molecule has 110 valence electrons. The molecule has 1 amide bonds. The number of rotatable bonds is 4. The van der Waals surface area contributed by atoms with Gasteiger partial charge in [0.2, 0.25) is 0 Å². The summed E-state index contributed by atoms with van der Waals surface area (Å²) in [5.74, 6) is 1.42. The van der Waals surface area contributed by atoms with Crippen molar-refractivity contribution >= 4 is 11.7 Å². The van der Waals surface area contributed by atoms with Crippen LogP contribution in [0.4, 0.5) is 5.82 Å². The lowest BCUT2D eigenvalue weighted by Gasteiger charge is -2.36. The number of hydrogen-bond donors (Lipinski definition) is 1. The summed E-state index contributed by atoms with van der Waals surface area (Å²) in [7, 11) is 0. The third-order valence-corrected chi connectivity index (χ3v) is 3.83. The van der Waals surface area contributed by atoms with Crippen LogP contribution in [0.2, 0.25) is 0 Å². The van der Waals surface area contributed by atoms with Crippen molar-refractivity contribution in [1.82, 2.24) is 14.9 Å². The zero-order valence-electron chi connectivity index (χ0n) is 12.6. The van der Waals surface area contributed by atoms with Crippen LogP contribution in [-0.4, -0.2) is 39.9 Å². The molecule has 1 aliphatic heterocycles. The first kappa shape index (κ1) is 14.8. The van der Waals surface area contributed by atoms with Gasteiger partial charge in [-0.2, -0.15) is 0 Å². The Hall–Kier alpha value is -1.65. The van der Waals surface area contributed by atoms with Gasteiger partial charge < -0.3 is 10.2 Å².